The minimum atomic E-state index is -3.65. The van der Waals surface area contributed by atoms with Gasteiger partial charge in [-0.15, -0.1) is 11.3 Å². The second-order valence-corrected chi connectivity index (χ2v) is 6.69. The maximum absolute atomic E-state index is 11.9. The van der Waals surface area contributed by atoms with Crippen molar-refractivity contribution in [3.05, 3.63) is 17.5 Å². The molecule has 96 valence electrons. The number of thiophene rings is 1. The second kappa shape index (κ2) is 5.61. The first-order valence-corrected chi connectivity index (χ1v) is 7.38. The molecule has 0 amide bonds. The van der Waals surface area contributed by atoms with E-state index in [2.05, 4.69) is 9.46 Å². The highest BCUT2D eigenvalue weighted by Crippen LogP contribution is 2.17. The minimum absolute atomic E-state index is 0.183. The monoisotopic (exact) mass is 277 g/mol. The van der Waals surface area contributed by atoms with Crippen molar-refractivity contribution in [3.8, 4) is 0 Å². The second-order valence-electron chi connectivity index (χ2n) is 3.80. The van der Waals surface area contributed by atoms with Crippen LogP contribution in [0.3, 0.4) is 0 Å². The molecule has 0 saturated heterocycles. The van der Waals surface area contributed by atoms with Crippen LogP contribution in [0.4, 0.5) is 0 Å². The van der Waals surface area contributed by atoms with Gasteiger partial charge in [0, 0.05) is 0 Å². The van der Waals surface area contributed by atoms with E-state index in [0.29, 0.717) is 0 Å². The van der Waals surface area contributed by atoms with Crippen LogP contribution in [0.2, 0.25) is 0 Å². The largest absolute Gasteiger partial charge is 0.468 e. The molecule has 5 nitrogen and oxygen atoms in total. The molecule has 0 aliphatic rings. The molecule has 1 rings (SSSR count). The number of rotatable bonds is 5. The van der Waals surface area contributed by atoms with Crippen molar-refractivity contribution >= 4 is 27.3 Å². The van der Waals surface area contributed by atoms with Crippen molar-refractivity contribution in [2.24, 2.45) is 5.92 Å². The maximum atomic E-state index is 11.9. The van der Waals surface area contributed by atoms with Crippen molar-refractivity contribution in [3.63, 3.8) is 0 Å². The van der Waals surface area contributed by atoms with Crippen molar-refractivity contribution in [2.75, 3.05) is 7.11 Å². The molecule has 17 heavy (non-hydrogen) atoms. The highest BCUT2D eigenvalue weighted by atomic mass is 32.2. The lowest BCUT2D eigenvalue weighted by molar-refractivity contribution is -0.143. The number of esters is 1. The molecule has 0 aliphatic heterocycles. The summed E-state index contributed by atoms with van der Waals surface area (Å²) in [6.07, 6.45) is 0. The van der Waals surface area contributed by atoms with Crippen molar-refractivity contribution in [2.45, 2.75) is 24.1 Å². The predicted molar refractivity (Wildman–Crippen MR) is 65.3 cm³/mol. The SMILES string of the molecule is COC(=O)C(NS(=O)(=O)c1cccs1)C(C)C. The number of nitrogens with one attached hydrogen (secondary N) is 1. The number of hydrogen-bond donors (Lipinski definition) is 1. The lowest BCUT2D eigenvalue weighted by Crippen LogP contribution is -2.44. The van der Waals surface area contributed by atoms with Crippen LogP contribution in [0.25, 0.3) is 0 Å². The van der Waals surface area contributed by atoms with E-state index in [4.69, 9.17) is 0 Å². The van der Waals surface area contributed by atoms with E-state index in [1.807, 2.05) is 0 Å². The van der Waals surface area contributed by atoms with Crippen LogP contribution in [0.5, 0.6) is 0 Å². The average molecular weight is 277 g/mol. The first kappa shape index (κ1) is 14.1. The fourth-order valence-corrected chi connectivity index (χ4v) is 3.57. The fraction of sp³-hybridized carbons (Fsp3) is 0.500. The Hall–Kier alpha value is -0.920. The summed E-state index contributed by atoms with van der Waals surface area (Å²) < 4.78 is 31.0. The van der Waals surface area contributed by atoms with Gasteiger partial charge in [0.05, 0.1) is 7.11 Å². The minimum Gasteiger partial charge on any atom is -0.468 e. The summed E-state index contributed by atoms with van der Waals surface area (Å²) in [5.74, 6) is -0.766. The van der Waals surface area contributed by atoms with Gasteiger partial charge in [0.1, 0.15) is 10.3 Å². The van der Waals surface area contributed by atoms with Gasteiger partial charge >= 0.3 is 5.97 Å². The number of sulfonamides is 1. The molecule has 0 fully saturated rings. The van der Waals surface area contributed by atoms with Gasteiger partial charge in [-0.1, -0.05) is 19.9 Å². The van der Waals surface area contributed by atoms with Gasteiger partial charge in [-0.05, 0) is 17.4 Å². The van der Waals surface area contributed by atoms with Crippen LogP contribution >= 0.6 is 11.3 Å². The van der Waals surface area contributed by atoms with E-state index in [-0.39, 0.29) is 10.1 Å². The Kier molecular flexibility index (Phi) is 4.67. The molecule has 1 unspecified atom stereocenters. The first-order valence-electron chi connectivity index (χ1n) is 5.02. The molecule has 0 saturated carbocycles. The number of methoxy groups -OCH3 is 1. The quantitative estimate of drug-likeness (QED) is 0.821. The van der Waals surface area contributed by atoms with Crippen molar-refractivity contribution in [1.82, 2.24) is 4.72 Å². The van der Waals surface area contributed by atoms with Crippen LogP contribution in [-0.4, -0.2) is 27.5 Å². The van der Waals surface area contributed by atoms with E-state index in [9.17, 15) is 13.2 Å². The Morgan fingerprint density at radius 1 is 1.47 bits per heavy atom. The highest BCUT2D eigenvalue weighted by Gasteiger charge is 2.29. The lowest BCUT2D eigenvalue weighted by Gasteiger charge is -2.19. The summed E-state index contributed by atoms with van der Waals surface area (Å²) in [4.78, 5) is 11.5. The summed E-state index contributed by atoms with van der Waals surface area (Å²) in [7, 11) is -2.42. The molecule has 1 aromatic rings. The number of carbonyl (C=O) groups is 1. The van der Waals surface area contributed by atoms with Gasteiger partial charge in [0.15, 0.2) is 0 Å². The van der Waals surface area contributed by atoms with Gasteiger partial charge in [-0.25, -0.2) is 8.42 Å². The van der Waals surface area contributed by atoms with E-state index in [1.165, 1.54) is 13.2 Å². The standard InChI is InChI=1S/C10H15NO4S2/c1-7(2)9(10(12)15-3)11-17(13,14)8-5-4-6-16-8/h4-7,9,11H,1-3H3. The topological polar surface area (TPSA) is 72.5 Å². The predicted octanol–water partition coefficient (Wildman–Crippen LogP) is 1.22. The fourth-order valence-electron chi connectivity index (χ4n) is 1.22. The Morgan fingerprint density at radius 2 is 2.12 bits per heavy atom. The third kappa shape index (κ3) is 3.52. The number of ether oxygens (including phenoxy) is 1. The zero-order valence-electron chi connectivity index (χ0n) is 9.84. The smallest absolute Gasteiger partial charge is 0.324 e. The van der Waals surface area contributed by atoms with E-state index >= 15 is 0 Å². The molecule has 7 heteroatoms. The molecule has 0 radical (unpaired) electrons. The molecular formula is C10H15NO4S2. The summed E-state index contributed by atoms with van der Waals surface area (Å²) in [5, 5.41) is 1.66. The van der Waals surface area contributed by atoms with E-state index in [1.54, 1.807) is 25.3 Å². The van der Waals surface area contributed by atoms with Gasteiger partial charge in [0.25, 0.3) is 10.0 Å². The summed E-state index contributed by atoms with van der Waals surface area (Å²) in [6, 6.07) is 2.26. The first-order chi connectivity index (χ1) is 7.88. The highest BCUT2D eigenvalue weighted by molar-refractivity contribution is 7.91. The van der Waals surface area contributed by atoms with Crippen LogP contribution in [0.15, 0.2) is 21.7 Å². The van der Waals surface area contributed by atoms with Gasteiger partial charge in [0.2, 0.25) is 0 Å². The third-order valence-electron chi connectivity index (χ3n) is 2.16. The summed E-state index contributed by atoms with van der Waals surface area (Å²) in [6.45, 7) is 3.50. The molecule has 1 heterocycles. The van der Waals surface area contributed by atoms with Gasteiger partial charge < -0.3 is 4.74 Å². The van der Waals surface area contributed by atoms with Gasteiger partial charge in [-0.2, -0.15) is 4.72 Å². The molecule has 1 N–H and O–H groups in total. The molecule has 0 aliphatic carbocycles. The lowest BCUT2D eigenvalue weighted by atomic mass is 10.1. The molecule has 1 aromatic heterocycles. The third-order valence-corrected chi connectivity index (χ3v) is 5.00. The van der Waals surface area contributed by atoms with E-state index in [0.717, 1.165) is 11.3 Å². The summed E-state index contributed by atoms with van der Waals surface area (Å²) >= 11 is 1.10. The van der Waals surface area contributed by atoms with Gasteiger partial charge in [-0.3, -0.25) is 4.79 Å². The maximum Gasteiger partial charge on any atom is 0.324 e. The zero-order valence-corrected chi connectivity index (χ0v) is 11.5. The van der Waals surface area contributed by atoms with Crippen molar-refractivity contribution in [1.29, 1.82) is 0 Å². The van der Waals surface area contributed by atoms with Crippen LogP contribution in [0, 0.1) is 5.92 Å². The van der Waals surface area contributed by atoms with Crippen LogP contribution in [-0.2, 0) is 19.6 Å². The Morgan fingerprint density at radius 3 is 2.53 bits per heavy atom. The van der Waals surface area contributed by atoms with E-state index < -0.39 is 22.0 Å². The number of carbonyl (C=O) groups excluding carboxylic acids is 1. The van der Waals surface area contributed by atoms with Crippen LogP contribution in [0.1, 0.15) is 13.8 Å². The Balaban J connectivity index is 2.92. The molecule has 1 atom stereocenters. The zero-order chi connectivity index (χ0) is 13.1. The molecule has 0 spiro atoms. The molecular weight excluding hydrogens is 262 g/mol. The summed E-state index contributed by atoms with van der Waals surface area (Å²) in [5.41, 5.74) is 0. The Labute approximate surface area is 105 Å². The molecule has 0 bridgehead atoms. The molecule has 0 aromatic carbocycles. The van der Waals surface area contributed by atoms with Crippen molar-refractivity contribution < 1.29 is 17.9 Å². The Bertz CT molecular complexity index is 465. The number of hydrogen-bond acceptors (Lipinski definition) is 5. The normalized spacial score (nSPS) is 13.6. The van der Waals surface area contributed by atoms with Crippen LogP contribution < -0.4 is 4.72 Å². The average Bonchev–Trinajstić information content (AvgIpc) is 2.78.